The van der Waals surface area contributed by atoms with Crippen molar-refractivity contribution in [3.8, 4) is 5.75 Å². The number of hydrogen-bond donors (Lipinski definition) is 1. The SMILES string of the molecule is COc1ccc(CSCC(=O)NCCCCN2CCN(c3cccc(C)c3)CC2)cc1[N+](=O)[O-]. The monoisotopic (exact) mass is 486 g/mol. The highest BCUT2D eigenvalue weighted by Gasteiger charge is 2.17. The second-order valence-corrected chi connectivity index (χ2v) is 9.47. The molecule has 1 saturated heterocycles. The smallest absolute Gasteiger partial charge is 0.311 e. The molecule has 1 aliphatic rings. The van der Waals surface area contributed by atoms with Crippen molar-refractivity contribution >= 4 is 29.0 Å². The molecule has 1 heterocycles. The van der Waals surface area contributed by atoms with Crippen LogP contribution in [0.3, 0.4) is 0 Å². The van der Waals surface area contributed by atoms with Crippen LogP contribution >= 0.6 is 11.8 Å². The number of benzene rings is 2. The fourth-order valence-corrected chi connectivity index (χ4v) is 4.83. The van der Waals surface area contributed by atoms with E-state index in [1.165, 1.54) is 36.2 Å². The van der Waals surface area contributed by atoms with Crippen molar-refractivity contribution < 1.29 is 14.5 Å². The van der Waals surface area contributed by atoms with Gasteiger partial charge in [0.1, 0.15) is 0 Å². The third-order valence-electron chi connectivity index (χ3n) is 5.90. The van der Waals surface area contributed by atoms with E-state index in [4.69, 9.17) is 4.74 Å². The molecule has 0 saturated carbocycles. The molecule has 0 aromatic heterocycles. The summed E-state index contributed by atoms with van der Waals surface area (Å²) in [6.45, 7) is 8.11. The molecule has 9 heteroatoms. The third-order valence-corrected chi connectivity index (χ3v) is 6.91. The topological polar surface area (TPSA) is 88.0 Å². The number of unbranched alkanes of at least 4 members (excludes halogenated alkanes) is 1. The van der Waals surface area contributed by atoms with Gasteiger partial charge in [-0.1, -0.05) is 18.2 Å². The number of thioether (sulfide) groups is 1. The summed E-state index contributed by atoms with van der Waals surface area (Å²) in [4.78, 5) is 27.7. The first-order valence-corrected chi connectivity index (χ1v) is 12.8. The number of amides is 1. The molecule has 2 aromatic rings. The molecule has 0 spiro atoms. The molecule has 0 unspecified atom stereocenters. The zero-order valence-electron chi connectivity index (χ0n) is 20.0. The van der Waals surface area contributed by atoms with E-state index in [0.717, 1.165) is 51.1 Å². The first kappa shape index (κ1) is 25.8. The molecular formula is C25H34N4O4S. The summed E-state index contributed by atoms with van der Waals surface area (Å²) >= 11 is 1.45. The number of piperazine rings is 1. The van der Waals surface area contributed by atoms with E-state index in [1.807, 2.05) is 0 Å². The minimum absolute atomic E-state index is 0.000203. The number of methoxy groups -OCH3 is 1. The highest BCUT2D eigenvalue weighted by Crippen LogP contribution is 2.29. The van der Waals surface area contributed by atoms with Crippen molar-refractivity contribution in [3.63, 3.8) is 0 Å². The second-order valence-electron chi connectivity index (χ2n) is 8.48. The van der Waals surface area contributed by atoms with E-state index in [-0.39, 0.29) is 17.3 Å². The first-order chi connectivity index (χ1) is 16.5. The van der Waals surface area contributed by atoms with Gasteiger partial charge in [0.25, 0.3) is 0 Å². The lowest BCUT2D eigenvalue weighted by Crippen LogP contribution is -2.46. The number of ether oxygens (including phenoxy) is 1. The summed E-state index contributed by atoms with van der Waals surface area (Å²) in [6.07, 6.45) is 2.02. The summed E-state index contributed by atoms with van der Waals surface area (Å²) in [6, 6.07) is 13.6. The molecule has 184 valence electrons. The van der Waals surface area contributed by atoms with E-state index in [1.54, 1.807) is 12.1 Å². The Balaban J connectivity index is 1.25. The molecular weight excluding hydrogens is 452 g/mol. The first-order valence-electron chi connectivity index (χ1n) is 11.7. The number of rotatable bonds is 12. The quantitative estimate of drug-likeness (QED) is 0.277. The normalized spacial score (nSPS) is 14.1. The highest BCUT2D eigenvalue weighted by atomic mass is 32.2. The number of aryl methyl sites for hydroxylation is 1. The maximum atomic E-state index is 12.1. The van der Waals surface area contributed by atoms with Crippen LogP contribution in [0.2, 0.25) is 0 Å². The summed E-state index contributed by atoms with van der Waals surface area (Å²) in [5, 5.41) is 14.1. The lowest BCUT2D eigenvalue weighted by atomic mass is 10.2. The molecule has 0 bridgehead atoms. The molecule has 34 heavy (non-hydrogen) atoms. The van der Waals surface area contributed by atoms with Crippen molar-refractivity contribution in [1.29, 1.82) is 0 Å². The van der Waals surface area contributed by atoms with E-state index >= 15 is 0 Å². The van der Waals surface area contributed by atoms with Crippen molar-refractivity contribution in [3.05, 3.63) is 63.7 Å². The van der Waals surface area contributed by atoms with Gasteiger partial charge in [-0.25, -0.2) is 0 Å². The molecule has 0 aliphatic carbocycles. The van der Waals surface area contributed by atoms with Crippen molar-refractivity contribution in [1.82, 2.24) is 10.2 Å². The van der Waals surface area contributed by atoms with Gasteiger partial charge in [-0.2, -0.15) is 0 Å². The predicted octanol–water partition coefficient (Wildman–Crippen LogP) is 3.86. The molecule has 2 aromatic carbocycles. The number of carbonyl (C=O) groups excluding carboxylic acids is 1. The summed E-state index contributed by atoms with van der Waals surface area (Å²) in [5.41, 5.74) is 3.35. The molecule has 1 aliphatic heterocycles. The van der Waals surface area contributed by atoms with Gasteiger partial charge in [0.05, 0.1) is 17.8 Å². The second kappa shape index (κ2) is 13.2. The van der Waals surface area contributed by atoms with Gasteiger partial charge in [0, 0.05) is 50.2 Å². The Hall–Kier alpha value is -2.78. The summed E-state index contributed by atoms with van der Waals surface area (Å²) in [5.74, 6) is 1.11. The van der Waals surface area contributed by atoms with Crippen LogP contribution in [0.1, 0.15) is 24.0 Å². The minimum atomic E-state index is -0.455. The van der Waals surface area contributed by atoms with E-state index in [2.05, 4.69) is 46.3 Å². The predicted molar refractivity (Wildman–Crippen MR) is 138 cm³/mol. The Kier molecular flexibility index (Phi) is 10.0. The van der Waals surface area contributed by atoms with Gasteiger partial charge in [0.15, 0.2) is 5.75 Å². The number of nitrogens with zero attached hydrogens (tertiary/aromatic N) is 3. The van der Waals surface area contributed by atoms with E-state index in [9.17, 15) is 14.9 Å². The number of carbonyl (C=O) groups is 1. The molecule has 0 radical (unpaired) electrons. The summed E-state index contributed by atoms with van der Waals surface area (Å²) in [7, 11) is 1.41. The van der Waals surface area contributed by atoms with Crippen LogP contribution in [0.5, 0.6) is 5.75 Å². The molecule has 0 atom stereocenters. The Morgan fingerprint density at radius 2 is 1.94 bits per heavy atom. The van der Waals surface area contributed by atoms with E-state index < -0.39 is 4.92 Å². The summed E-state index contributed by atoms with van der Waals surface area (Å²) < 4.78 is 5.02. The van der Waals surface area contributed by atoms with Gasteiger partial charge in [0.2, 0.25) is 5.91 Å². The average molecular weight is 487 g/mol. The number of hydrogen-bond acceptors (Lipinski definition) is 7. The number of anilines is 1. The zero-order valence-corrected chi connectivity index (χ0v) is 20.8. The number of nitrogens with one attached hydrogen (secondary N) is 1. The number of nitro groups is 1. The third kappa shape index (κ3) is 7.92. The van der Waals surface area contributed by atoms with E-state index in [0.29, 0.717) is 18.1 Å². The van der Waals surface area contributed by atoms with Gasteiger partial charge < -0.3 is 15.0 Å². The van der Waals surface area contributed by atoms with Gasteiger partial charge in [-0.05, 0) is 55.6 Å². The van der Waals surface area contributed by atoms with Gasteiger partial charge in [-0.3, -0.25) is 19.8 Å². The van der Waals surface area contributed by atoms with Crippen LogP contribution in [0, 0.1) is 17.0 Å². The van der Waals surface area contributed by atoms with Crippen LogP contribution in [0.4, 0.5) is 11.4 Å². The molecule has 3 rings (SSSR count). The van der Waals surface area contributed by atoms with Crippen LogP contribution < -0.4 is 15.0 Å². The van der Waals surface area contributed by atoms with Crippen LogP contribution in [-0.4, -0.2) is 67.9 Å². The van der Waals surface area contributed by atoms with Crippen LogP contribution in [0.25, 0.3) is 0 Å². The molecule has 1 amide bonds. The van der Waals surface area contributed by atoms with Crippen molar-refractivity contribution in [2.75, 3.05) is 57.0 Å². The highest BCUT2D eigenvalue weighted by molar-refractivity contribution is 7.99. The Labute approximate surface area is 205 Å². The Morgan fingerprint density at radius 1 is 1.15 bits per heavy atom. The fourth-order valence-electron chi connectivity index (χ4n) is 4.02. The largest absolute Gasteiger partial charge is 0.490 e. The maximum absolute atomic E-state index is 12.1. The standard InChI is InChI=1S/C25H34N4O4S/c1-20-6-5-7-22(16-20)28-14-12-27(13-15-28)11-4-3-10-26-25(30)19-34-18-21-8-9-24(33-2)23(17-21)29(31)32/h5-9,16-17H,3-4,10-15,18-19H2,1-2H3,(H,26,30). The molecule has 8 nitrogen and oxygen atoms in total. The fraction of sp³-hybridized carbons (Fsp3) is 0.480. The lowest BCUT2D eigenvalue weighted by molar-refractivity contribution is -0.385. The van der Waals surface area contributed by atoms with Crippen LogP contribution in [0.15, 0.2) is 42.5 Å². The Bertz CT molecular complexity index is 964. The van der Waals surface area contributed by atoms with Crippen molar-refractivity contribution in [2.24, 2.45) is 0 Å². The zero-order chi connectivity index (χ0) is 24.3. The Morgan fingerprint density at radius 3 is 2.65 bits per heavy atom. The molecule has 1 fully saturated rings. The van der Waals surface area contributed by atoms with Crippen molar-refractivity contribution in [2.45, 2.75) is 25.5 Å². The minimum Gasteiger partial charge on any atom is -0.490 e. The van der Waals surface area contributed by atoms with Gasteiger partial charge in [-0.15, -0.1) is 11.8 Å². The number of nitro benzene ring substituents is 1. The average Bonchev–Trinajstić information content (AvgIpc) is 2.84. The van der Waals surface area contributed by atoms with Gasteiger partial charge >= 0.3 is 5.69 Å². The molecule has 1 N–H and O–H groups in total. The lowest BCUT2D eigenvalue weighted by Gasteiger charge is -2.36. The van der Waals surface area contributed by atoms with Crippen LogP contribution in [-0.2, 0) is 10.5 Å². The maximum Gasteiger partial charge on any atom is 0.311 e.